The summed E-state index contributed by atoms with van der Waals surface area (Å²) in [5.41, 5.74) is 5.42. The number of nitrogens with two attached hydrogens (primary N) is 2. The highest BCUT2D eigenvalue weighted by Gasteiger charge is 2.11. The zero-order chi connectivity index (χ0) is 9.59. The van der Waals surface area contributed by atoms with Crippen LogP contribution in [0.5, 0.6) is 0 Å². The van der Waals surface area contributed by atoms with E-state index in [2.05, 4.69) is 4.98 Å². The molecular formula is C7H6F2N4. The highest BCUT2D eigenvalue weighted by atomic mass is 19.1. The fourth-order valence-corrected chi connectivity index (χ4v) is 1.17. The van der Waals surface area contributed by atoms with E-state index in [-0.39, 0.29) is 17.0 Å². The Balaban J connectivity index is 2.94. The summed E-state index contributed by atoms with van der Waals surface area (Å²) in [6.45, 7) is 0. The lowest BCUT2D eigenvalue weighted by molar-refractivity contribution is 0.589. The molecule has 0 atom stereocenters. The summed E-state index contributed by atoms with van der Waals surface area (Å²) in [5, 5.41) is 0. The van der Waals surface area contributed by atoms with Crippen LogP contribution in [0.3, 0.4) is 0 Å². The molecule has 4 nitrogen and oxygen atoms in total. The molecule has 0 saturated carbocycles. The molecule has 6 heteroatoms. The Kier molecular flexibility index (Phi) is 1.39. The number of hydrogen-bond donors (Lipinski definition) is 2. The summed E-state index contributed by atoms with van der Waals surface area (Å²) in [4.78, 5) is 3.67. The predicted octanol–water partition coefficient (Wildman–Crippen LogP) is 0.611. The minimum Gasteiger partial charge on any atom is -0.368 e. The van der Waals surface area contributed by atoms with E-state index in [1.165, 1.54) is 0 Å². The Morgan fingerprint density at radius 1 is 1.31 bits per heavy atom. The first-order chi connectivity index (χ1) is 6.09. The standard InChI is InChI=1S/C7H6F2N4/c8-3-1-4(9)6-5(2-3)12-7(10)13(6)11/h1-2H,11H2,(H2,10,12). The molecule has 2 rings (SSSR count). The van der Waals surface area contributed by atoms with E-state index in [4.69, 9.17) is 11.6 Å². The first kappa shape index (κ1) is 7.78. The van der Waals surface area contributed by atoms with Gasteiger partial charge in [0.25, 0.3) is 0 Å². The molecule has 4 N–H and O–H groups in total. The lowest BCUT2D eigenvalue weighted by Crippen LogP contribution is -2.12. The van der Waals surface area contributed by atoms with Crippen LogP contribution in [0.25, 0.3) is 11.0 Å². The van der Waals surface area contributed by atoms with Gasteiger partial charge in [0.05, 0.1) is 5.52 Å². The molecule has 68 valence electrons. The van der Waals surface area contributed by atoms with Crippen molar-refractivity contribution in [2.75, 3.05) is 11.6 Å². The van der Waals surface area contributed by atoms with Gasteiger partial charge in [0.2, 0.25) is 5.95 Å². The molecule has 0 aliphatic heterocycles. The average molecular weight is 184 g/mol. The van der Waals surface area contributed by atoms with Crippen LogP contribution in [0.1, 0.15) is 0 Å². The third-order valence-corrected chi connectivity index (χ3v) is 1.73. The lowest BCUT2D eigenvalue weighted by atomic mass is 10.3. The largest absolute Gasteiger partial charge is 0.368 e. The molecule has 0 aliphatic rings. The summed E-state index contributed by atoms with van der Waals surface area (Å²) in [6.07, 6.45) is 0. The minimum absolute atomic E-state index is 0.00102. The fourth-order valence-electron chi connectivity index (χ4n) is 1.17. The molecule has 0 fully saturated rings. The Bertz CT molecular complexity index is 477. The smallest absolute Gasteiger partial charge is 0.220 e. The molecule has 0 radical (unpaired) electrons. The van der Waals surface area contributed by atoms with Crippen molar-refractivity contribution in [3.05, 3.63) is 23.8 Å². The van der Waals surface area contributed by atoms with Gasteiger partial charge in [-0.2, -0.15) is 0 Å². The molecule has 2 aromatic rings. The number of nitrogen functional groups attached to an aromatic ring is 2. The number of rotatable bonds is 0. The van der Waals surface area contributed by atoms with Crippen molar-refractivity contribution in [3.63, 3.8) is 0 Å². The molecule has 13 heavy (non-hydrogen) atoms. The molecule has 1 aromatic heterocycles. The third kappa shape index (κ3) is 0.986. The van der Waals surface area contributed by atoms with E-state index in [9.17, 15) is 8.78 Å². The number of imidazole rings is 1. The van der Waals surface area contributed by atoms with Gasteiger partial charge in [-0.3, -0.25) is 0 Å². The van der Waals surface area contributed by atoms with Crippen molar-refractivity contribution in [3.8, 4) is 0 Å². The van der Waals surface area contributed by atoms with Crippen LogP contribution in [0.15, 0.2) is 12.1 Å². The van der Waals surface area contributed by atoms with Gasteiger partial charge in [0.15, 0.2) is 5.82 Å². The second-order valence-electron chi connectivity index (χ2n) is 2.60. The number of aromatic nitrogens is 2. The first-order valence-corrected chi connectivity index (χ1v) is 3.47. The van der Waals surface area contributed by atoms with E-state index < -0.39 is 11.6 Å². The maximum absolute atomic E-state index is 13.1. The van der Waals surface area contributed by atoms with Gasteiger partial charge in [-0.15, -0.1) is 0 Å². The van der Waals surface area contributed by atoms with E-state index in [1.807, 2.05) is 0 Å². The van der Waals surface area contributed by atoms with Crippen molar-refractivity contribution < 1.29 is 8.78 Å². The predicted molar refractivity (Wildman–Crippen MR) is 44.2 cm³/mol. The minimum atomic E-state index is -0.776. The normalized spacial score (nSPS) is 10.9. The van der Waals surface area contributed by atoms with Crippen LogP contribution in [-0.4, -0.2) is 9.66 Å². The molecule has 1 aromatic carbocycles. The van der Waals surface area contributed by atoms with Crippen LogP contribution in [0, 0.1) is 11.6 Å². The maximum atomic E-state index is 13.1. The molecular weight excluding hydrogens is 178 g/mol. The van der Waals surface area contributed by atoms with Crippen LogP contribution >= 0.6 is 0 Å². The van der Waals surface area contributed by atoms with Gasteiger partial charge in [-0.05, 0) is 0 Å². The van der Waals surface area contributed by atoms with E-state index in [1.54, 1.807) is 0 Å². The Hall–Kier alpha value is -1.85. The van der Waals surface area contributed by atoms with Gasteiger partial charge in [0.1, 0.15) is 11.3 Å². The highest BCUT2D eigenvalue weighted by molar-refractivity contribution is 5.79. The van der Waals surface area contributed by atoms with Crippen molar-refractivity contribution in [1.29, 1.82) is 0 Å². The molecule has 0 unspecified atom stereocenters. The Morgan fingerprint density at radius 2 is 2.00 bits per heavy atom. The van der Waals surface area contributed by atoms with Gasteiger partial charge in [0, 0.05) is 12.1 Å². The summed E-state index contributed by atoms with van der Waals surface area (Å²) in [7, 11) is 0. The second-order valence-corrected chi connectivity index (χ2v) is 2.60. The SMILES string of the molecule is Nc1nc2cc(F)cc(F)c2n1N. The van der Waals surface area contributed by atoms with Crippen molar-refractivity contribution in [2.45, 2.75) is 0 Å². The number of halogens is 2. The number of nitrogens with zero attached hydrogens (tertiary/aromatic N) is 2. The lowest BCUT2D eigenvalue weighted by Gasteiger charge is -1.97. The first-order valence-electron chi connectivity index (χ1n) is 3.47. The van der Waals surface area contributed by atoms with Crippen molar-refractivity contribution >= 4 is 17.0 Å². The molecule has 0 bridgehead atoms. The molecule has 0 saturated heterocycles. The van der Waals surface area contributed by atoms with Gasteiger partial charge in [-0.1, -0.05) is 0 Å². The van der Waals surface area contributed by atoms with Crippen LogP contribution in [0.4, 0.5) is 14.7 Å². The average Bonchev–Trinajstić information content (AvgIpc) is 2.27. The number of hydrogen-bond acceptors (Lipinski definition) is 3. The summed E-state index contributed by atoms with van der Waals surface area (Å²) < 4.78 is 26.6. The Labute approximate surface area is 71.7 Å². The topological polar surface area (TPSA) is 69.9 Å². The highest BCUT2D eigenvalue weighted by Crippen LogP contribution is 2.19. The van der Waals surface area contributed by atoms with Gasteiger partial charge in [-0.25, -0.2) is 18.4 Å². The zero-order valence-corrected chi connectivity index (χ0v) is 6.46. The molecule has 0 amide bonds. The fraction of sp³-hybridized carbons (Fsp3) is 0. The van der Waals surface area contributed by atoms with Crippen LogP contribution < -0.4 is 11.6 Å². The maximum Gasteiger partial charge on any atom is 0.220 e. The van der Waals surface area contributed by atoms with Gasteiger partial charge < -0.3 is 11.6 Å². The van der Waals surface area contributed by atoms with E-state index in [0.717, 1.165) is 16.8 Å². The molecule has 1 heterocycles. The van der Waals surface area contributed by atoms with Crippen LogP contribution in [-0.2, 0) is 0 Å². The summed E-state index contributed by atoms with van der Waals surface area (Å²) >= 11 is 0. The van der Waals surface area contributed by atoms with Crippen molar-refractivity contribution in [2.24, 2.45) is 0 Å². The van der Waals surface area contributed by atoms with E-state index >= 15 is 0 Å². The van der Waals surface area contributed by atoms with Crippen molar-refractivity contribution in [1.82, 2.24) is 9.66 Å². The zero-order valence-electron chi connectivity index (χ0n) is 6.46. The number of fused-ring (bicyclic) bond motifs is 1. The second kappa shape index (κ2) is 2.32. The summed E-state index contributed by atoms with van der Waals surface area (Å²) in [6, 6.07) is 1.80. The quantitative estimate of drug-likeness (QED) is 0.589. The number of benzene rings is 1. The number of anilines is 1. The molecule has 0 aliphatic carbocycles. The van der Waals surface area contributed by atoms with Crippen LogP contribution in [0.2, 0.25) is 0 Å². The van der Waals surface area contributed by atoms with E-state index in [0.29, 0.717) is 0 Å². The summed E-state index contributed by atoms with van der Waals surface area (Å²) in [5.74, 6) is 3.82. The molecule has 0 spiro atoms. The van der Waals surface area contributed by atoms with Gasteiger partial charge >= 0.3 is 0 Å². The Morgan fingerprint density at radius 3 is 2.69 bits per heavy atom. The monoisotopic (exact) mass is 184 g/mol. The third-order valence-electron chi connectivity index (χ3n) is 1.73.